The first-order valence-electron chi connectivity index (χ1n) is 5.29. The summed E-state index contributed by atoms with van der Waals surface area (Å²) >= 11 is 0. The van der Waals surface area contributed by atoms with Gasteiger partial charge in [0.15, 0.2) is 0 Å². The molecule has 0 unspecified atom stereocenters. The van der Waals surface area contributed by atoms with Crippen LogP contribution in [0.5, 0.6) is 0 Å². The van der Waals surface area contributed by atoms with Crippen molar-refractivity contribution < 1.29 is 9.32 Å². The van der Waals surface area contributed by atoms with E-state index in [0.717, 1.165) is 18.8 Å². The number of carbonyl (C=O) groups excluding carboxylic acids is 1. The molecule has 0 saturated carbocycles. The molecule has 0 radical (unpaired) electrons. The second-order valence-electron chi connectivity index (χ2n) is 4.11. The van der Waals surface area contributed by atoms with Gasteiger partial charge in [-0.2, -0.15) is 0 Å². The maximum Gasteiger partial charge on any atom is 0.240 e. The maximum atomic E-state index is 11.6. The summed E-state index contributed by atoms with van der Waals surface area (Å²) in [5, 5.41) is 9.53. The van der Waals surface area contributed by atoms with Crippen molar-refractivity contribution in [3.8, 4) is 0 Å². The number of nitrogens with one attached hydrogen (secondary N) is 2. The van der Waals surface area contributed by atoms with E-state index in [4.69, 9.17) is 4.52 Å². The SMILES string of the molecule is Cc1cc(NC(=O)CN(C)C2CNC2)on1. The number of carbonyl (C=O) groups is 1. The van der Waals surface area contributed by atoms with Crippen molar-refractivity contribution in [1.29, 1.82) is 0 Å². The highest BCUT2D eigenvalue weighted by Crippen LogP contribution is 2.08. The third-order valence-corrected chi connectivity index (χ3v) is 2.67. The molecule has 1 amide bonds. The van der Waals surface area contributed by atoms with Gasteiger partial charge in [-0.15, -0.1) is 0 Å². The van der Waals surface area contributed by atoms with Gasteiger partial charge < -0.3 is 9.84 Å². The molecule has 0 bridgehead atoms. The summed E-state index contributed by atoms with van der Waals surface area (Å²) in [6.45, 7) is 4.08. The molecule has 1 aliphatic heterocycles. The molecular weight excluding hydrogens is 208 g/mol. The highest BCUT2D eigenvalue weighted by atomic mass is 16.5. The molecule has 88 valence electrons. The molecule has 16 heavy (non-hydrogen) atoms. The Morgan fingerprint density at radius 1 is 1.75 bits per heavy atom. The topological polar surface area (TPSA) is 70.4 Å². The molecule has 0 aliphatic carbocycles. The number of amides is 1. The van der Waals surface area contributed by atoms with Gasteiger partial charge >= 0.3 is 0 Å². The van der Waals surface area contributed by atoms with Crippen molar-refractivity contribution in [2.45, 2.75) is 13.0 Å². The number of nitrogens with zero attached hydrogens (tertiary/aromatic N) is 2. The third-order valence-electron chi connectivity index (χ3n) is 2.67. The van der Waals surface area contributed by atoms with Crippen molar-refractivity contribution >= 4 is 11.8 Å². The van der Waals surface area contributed by atoms with Gasteiger partial charge in [-0.3, -0.25) is 15.0 Å². The van der Waals surface area contributed by atoms with Crippen LogP contribution in [0.25, 0.3) is 0 Å². The minimum atomic E-state index is -0.0782. The molecule has 2 rings (SSSR count). The molecule has 1 saturated heterocycles. The fourth-order valence-corrected chi connectivity index (χ4v) is 1.54. The quantitative estimate of drug-likeness (QED) is 0.742. The molecule has 2 N–H and O–H groups in total. The fourth-order valence-electron chi connectivity index (χ4n) is 1.54. The van der Waals surface area contributed by atoms with Crippen LogP contribution in [0, 0.1) is 6.92 Å². The van der Waals surface area contributed by atoms with Crippen molar-refractivity contribution in [2.75, 3.05) is 32.0 Å². The van der Waals surface area contributed by atoms with Crippen LogP contribution in [0.2, 0.25) is 0 Å². The van der Waals surface area contributed by atoms with Gasteiger partial charge in [-0.1, -0.05) is 5.16 Å². The van der Waals surface area contributed by atoms with E-state index in [1.54, 1.807) is 6.07 Å². The van der Waals surface area contributed by atoms with Crippen molar-refractivity contribution in [3.05, 3.63) is 11.8 Å². The molecule has 0 aromatic carbocycles. The van der Waals surface area contributed by atoms with Gasteiger partial charge in [0.2, 0.25) is 11.8 Å². The summed E-state index contributed by atoms with van der Waals surface area (Å²) in [4.78, 5) is 13.6. The predicted molar refractivity (Wildman–Crippen MR) is 59.2 cm³/mol. The molecule has 1 aromatic heterocycles. The summed E-state index contributed by atoms with van der Waals surface area (Å²) in [6, 6.07) is 2.16. The van der Waals surface area contributed by atoms with Gasteiger partial charge in [-0.05, 0) is 14.0 Å². The molecule has 1 aliphatic rings. The molecule has 2 heterocycles. The van der Waals surface area contributed by atoms with E-state index in [0.29, 0.717) is 18.5 Å². The van der Waals surface area contributed by atoms with Crippen LogP contribution in [0.4, 0.5) is 5.88 Å². The summed E-state index contributed by atoms with van der Waals surface area (Å²) in [5.74, 6) is 0.327. The number of anilines is 1. The van der Waals surface area contributed by atoms with E-state index in [1.165, 1.54) is 0 Å². The third kappa shape index (κ3) is 2.59. The second-order valence-corrected chi connectivity index (χ2v) is 4.11. The number of rotatable bonds is 4. The van der Waals surface area contributed by atoms with Crippen LogP contribution in [0.3, 0.4) is 0 Å². The number of likely N-dealkylation sites (N-methyl/N-ethyl adjacent to an activating group) is 1. The zero-order valence-corrected chi connectivity index (χ0v) is 9.49. The van der Waals surface area contributed by atoms with E-state index in [9.17, 15) is 4.79 Å². The average molecular weight is 224 g/mol. The van der Waals surface area contributed by atoms with Crippen LogP contribution < -0.4 is 10.6 Å². The lowest BCUT2D eigenvalue weighted by atomic mass is 10.1. The second kappa shape index (κ2) is 4.63. The molecule has 6 nitrogen and oxygen atoms in total. The molecule has 0 atom stereocenters. The number of hydrogen-bond donors (Lipinski definition) is 2. The molecule has 1 aromatic rings. The van der Waals surface area contributed by atoms with Crippen LogP contribution >= 0.6 is 0 Å². The maximum absolute atomic E-state index is 11.6. The predicted octanol–water partition coefficient (Wildman–Crippen LogP) is -0.175. The van der Waals surface area contributed by atoms with Gasteiger partial charge in [-0.25, -0.2) is 0 Å². The minimum absolute atomic E-state index is 0.0782. The van der Waals surface area contributed by atoms with Crippen LogP contribution in [-0.4, -0.2) is 48.7 Å². The highest BCUT2D eigenvalue weighted by Gasteiger charge is 2.23. The molecular formula is C10H16N4O2. The zero-order chi connectivity index (χ0) is 11.5. The minimum Gasteiger partial charge on any atom is -0.338 e. The lowest BCUT2D eigenvalue weighted by Gasteiger charge is -2.34. The Morgan fingerprint density at radius 3 is 3.00 bits per heavy atom. The van der Waals surface area contributed by atoms with Gasteiger partial charge in [0.1, 0.15) is 0 Å². The first-order chi connectivity index (χ1) is 7.65. The highest BCUT2D eigenvalue weighted by molar-refractivity contribution is 5.90. The van der Waals surface area contributed by atoms with Gasteiger partial charge in [0.05, 0.1) is 12.2 Å². The molecule has 0 spiro atoms. The largest absolute Gasteiger partial charge is 0.338 e. The van der Waals surface area contributed by atoms with E-state index in [2.05, 4.69) is 15.8 Å². The standard InChI is InChI=1S/C10H16N4O2/c1-7-3-10(16-13-7)12-9(15)6-14(2)8-4-11-5-8/h3,8,11H,4-6H2,1-2H3,(H,12,15). The normalized spacial score (nSPS) is 16.2. The molecule has 6 heteroatoms. The van der Waals surface area contributed by atoms with E-state index < -0.39 is 0 Å². The summed E-state index contributed by atoms with van der Waals surface area (Å²) in [5.41, 5.74) is 0.756. The van der Waals surface area contributed by atoms with Gasteiger partial charge in [0.25, 0.3) is 0 Å². The van der Waals surface area contributed by atoms with E-state index in [1.807, 2.05) is 18.9 Å². The Kier molecular flexibility index (Phi) is 3.21. The summed E-state index contributed by atoms with van der Waals surface area (Å²) in [7, 11) is 1.94. The van der Waals surface area contributed by atoms with Gasteiger partial charge in [0, 0.05) is 25.2 Å². The zero-order valence-electron chi connectivity index (χ0n) is 9.49. The summed E-state index contributed by atoms with van der Waals surface area (Å²) in [6.07, 6.45) is 0. The number of hydrogen-bond acceptors (Lipinski definition) is 5. The van der Waals surface area contributed by atoms with Crippen molar-refractivity contribution in [3.63, 3.8) is 0 Å². The van der Waals surface area contributed by atoms with E-state index in [-0.39, 0.29) is 5.91 Å². The number of aromatic nitrogens is 1. The first-order valence-corrected chi connectivity index (χ1v) is 5.29. The van der Waals surface area contributed by atoms with Crippen LogP contribution in [0.15, 0.2) is 10.6 Å². The van der Waals surface area contributed by atoms with E-state index >= 15 is 0 Å². The Balaban J connectivity index is 1.79. The molecule has 1 fully saturated rings. The Hall–Kier alpha value is -1.40. The summed E-state index contributed by atoms with van der Waals surface area (Å²) < 4.78 is 4.90. The van der Waals surface area contributed by atoms with Crippen molar-refractivity contribution in [2.24, 2.45) is 0 Å². The smallest absolute Gasteiger partial charge is 0.240 e. The Bertz CT molecular complexity index is 373. The fraction of sp³-hybridized carbons (Fsp3) is 0.600. The lowest BCUT2D eigenvalue weighted by Crippen LogP contribution is -2.57. The number of aryl methyl sites for hydroxylation is 1. The van der Waals surface area contributed by atoms with Crippen LogP contribution in [-0.2, 0) is 4.79 Å². The lowest BCUT2D eigenvalue weighted by molar-refractivity contribution is -0.117. The Labute approximate surface area is 94.0 Å². The first kappa shape index (κ1) is 11.1. The monoisotopic (exact) mass is 224 g/mol. The van der Waals surface area contributed by atoms with Crippen molar-refractivity contribution in [1.82, 2.24) is 15.4 Å². The van der Waals surface area contributed by atoms with Crippen LogP contribution in [0.1, 0.15) is 5.69 Å². The average Bonchev–Trinajstić information content (AvgIpc) is 2.47. The Morgan fingerprint density at radius 2 is 2.50 bits per heavy atom.